The minimum Gasteiger partial charge on any atom is -0.479 e. The van der Waals surface area contributed by atoms with Crippen LogP contribution in [0.5, 0.6) is 0 Å². The fourth-order valence-corrected chi connectivity index (χ4v) is 5.09. The third-order valence-corrected chi connectivity index (χ3v) is 6.72. The first kappa shape index (κ1) is 24.0. The molecular weight excluding hydrogens is 422 g/mol. The highest BCUT2D eigenvalue weighted by Crippen LogP contribution is 2.43. The van der Waals surface area contributed by atoms with Gasteiger partial charge in [0.1, 0.15) is 0 Å². The summed E-state index contributed by atoms with van der Waals surface area (Å²) in [5.41, 5.74) is 9.35. The second-order valence-corrected chi connectivity index (χ2v) is 10.3. The predicted octanol–water partition coefficient (Wildman–Crippen LogP) is 6.78. The largest absolute Gasteiger partial charge is 0.479 e. The molecule has 0 aromatic heterocycles. The molecule has 0 bridgehead atoms. The minimum absolute atomic E-state index is 0.589. The third-order valence-electron chi connectivity index (χ3n) is 6.72. The lowest BCUT2D eigenvalue weighted by atomic mass is 9.80. The van der Waals surface area contributed by atoms with E-state index < -0.39 is 17.7 Å². The lowest BCUT2D eigenvalue weighted by Crippen LogP contribution is -2.33. The SMILES string of the molecule is Cc1ccc(-c2c(C)c3c(c(C)c2[C@H](OC(C)(C)C)C(=O)O)CCN(c2ccccc2)C3)cc1. The fourth-order valence-electron chi connectivity index (χ4n) is 5.09. The fraction of sp³-hybridized carbons (Fsp3) is 0.367. The number of para-hydroxylation sites is 1. The molecule has 1 atom stereocenters. The third kappa shape index (κ3) is 4.74. The molecule has 0 fully saturated rings. The molecule has 1 aliphatic heterocycles. The van der Waals surface area contributed by atoms with Gasteiger partial charge in [0.25, 0.3) is 0 Å². The lowest BCUT2D eigenvalue weighted by Gasteiger charge is -2.36. The average Bonchev–Trinajstić information content (AvgIpc) is 2.80. The van der Waals surface area contributed by atoms with E-state index in [4.69, 9.17) is 4.74 Å². The monoisotopic (exact) mass is 457 g/mol. The molecule has 0 amide bonds. The van der Waals surface area contributed by atoms with Crippen LogP contribution in [0.15, 0.2) is 54.6 Å². The van der Waals surface area contributed by atoms with Gasteiger partial charge in [0.15, 0.2) is 6.10 Å². The summed E-state index contributed by atoms with van der Waals surface area (Å²) < 4.78 is 6.18. The topological polar surface area (TPSA) is 49.8 Å². The number of fused-ring (bicyclic) bond motifs is 1. The molecule has 1 heterocycles. The Morgan fingerprint density at radius 1 is 0.941 bits per heavy atom. The zero-order valence-electron chi connectivity index (χ0n) is 21.1. The second kappa shape index (κ2) is 9.27. The van der Waals surface area contributed by atoms with E-state index in [9.17, 15) is 9.90 Å². The smallest absolute Gasteiger partial charge is 0.337 e. The van der Waals surface area contributed by atoms with E-state index in [2.05, 4.69) is 74.2 Å². The Balaban J connectivity index is 1.94. The van der Waals surface area contributed by atoms with E-state index in [1.807, 2.05) is 26.8 Å². The van der Waals surface area contributed by atoms with Crippen LogP contribution in [0.3, 0.4) is 0 Å². The first-order valence-electron chi connectivity index (χ1n) is 12.0. The number of carboxylic acid groups (broad SMARTS) is 1. The summed E-state index contributed by atoms with van der Waals surface area (Å²) in [7, 11) is 0. The number of aryl methyl sites for hydroxylation is 1. The average molecular weight is 458 g/mol. The van der Waals surface area contributed by atoms with Crippen molar-refractivity contribution in [3.8, 4) is 11.1 Å². The van der Waals surface area contributed by atoms with Crippen LogP contribution in [0, 0.1) is 20.8 Å². The molecule has 0 saturated carbocycles. The van der Waals surface area contributed by atoms with Crippen molar-refractivity contribution >= 4 is 11.7 Å². The van der Waals surface area contributed by atoms with E-state index in [1.165, 1.54) is 22.4 Å². The van der Waals surface area contributed by atoms with Gasteiger partial charge in [-0.3, -0.25) is 0 Å². The Morgan fingerprint density at radius 3 is 2.18 bits per heavy atom. The molecule has 1 N–H and O–H groups in total. The van der Waals surface area contributed by atoms with Crippen LogP contribution < -0.4 is 4.90 Å². The molecule has 0 saturated heterocycles. The highest BCUT2D eigenvalue weighted by molar-refractivity contribution is 5.84. The van der Waals surface area contributed by atoms with Crippen molar-refractivity contribution in [1.29, 1.82) is 0 Å². The van der Waals surface area contributed by atoms with Gasteiger partial charge < -0.3 is 14.7 Å². The Labute approximate surface area is 203 Å². The zero-order valence-corrected chi connectivity index (χ0v) is 21.1. The van der Waals surface area contributed by atoms with Crippen LogP contribution in [-0.2, 0) is 22.5 Å². The van der Waals surface area contributed by atoms with Crippen LogP contribution in [0.4, 0.5) is 5.69 Å². The Morgan fingerprint density at radius 2 is 1.59 bits per heavy atom. The number of aliphatic carboxylic acids is 1. The maximum Gasteiger partial charge on any atom is 0.337 e. The molecule has 3 aromatic rings. The molecule has 0 aliphatic carbocycles. The quantitative estimate of drug-likeness (QED) is 0.459. The van der Waals surface area contributed by atoms with Gasteiger partial charge in [0.05, 0.1) is 5.60 Å². The number of rotatable bonds is 5. The summed E-state index contributed by atoms with van der Waals surface area (Å²) in [5, 5.41) is 10.3. The molecule has 4 rings (SSSR count). The number of nitrogens with zero attached hydrogens (tertiary/aromatic N) is 1. The van der Waals surface area contributed by atoms with Gasteiger partial charge in [-0.05, 0) is 93.5 Å². The van der Waals surface area contributed by atoms with Crippen molar-refractivity contribution < 1.29 is 14.6 Å². The van der Waals surface area contributed by atoms with Crippen LogP contribution in [0.1, 0.15) is 60.3 Å². The Kier molecular flexibility index (Phi) is 6.55. The van der Waals surface area contributed by atoms with Crippen molar-refractivity contribution in [2.45, 2.75) is 66.2 Å². The maximum atomic E-state index is 12.6. The summed E-state index contributed by atoms with van der Waals surface area (Å²) in [4.78, 5) is 15.0. The molecule has 0 unspecified atom stereocenters. The normalized spacial score (nSPS) is 14.6. The predicted molar refractivity (Wildman–Crippen MR) is 138 cm³/mol. The van der Waals surface area contributed by atoms with Crippen LogP contribution >= 0.6 is 0 Å². The highest BCUT2D eigenvalue weighted by atomic mass is 16.5. The first-order chi connectivity index (χ1) is 16.1. The maximum absolute atomic E-state index is 12.6. The van der Waals surface area contributed by atoms with E-state index in [0.29, 0.717) is 0 Å². The Hall–Kier alpha value is -3.11. The molecule has 1 aliphatic rings. The first-order valence-corrected chi connectivity index (χ1v) is 12.0. The summed E-state index contributed by atoms with van der Waals surface area (Å²) in [6.07, 6.45) is -0.160. The van der Waals surface area contributed by atoms with Crippen LogP contribution in [-0.4, -0.2) is 23.2 Å². The molecule has 178 valence electrons. The van der Waals surface area contributed by atoms with Crippen LogP contribution in [0.25, 0.3) is 11.1 Å². The molecule has 4 nitrogen and oxygen atoms in total. The van der Waals surface area contributed by atoms with Crippen molar-refractivity contribution in [3.05, 3.63) is 88.0 Å². The summed E-state index contributed by atoms with van der Waals surface area (Å²) in [6.45, 7) is 13.7. The van der Waals surface area contributed by atoms with Crippen molar-refractivity contribution in [1.82, 2.24) is 0 Å². The summed E-state index contributed by atoms with van der Waals surface area (Å²) in [5.74, 6) is -0.951. The number of hydrogen-bond acceptors (Lipinski definition) is 3. The van der Waals surface area contributed by atoms with Crippen LogP contribution in [0.2, 0.25) is 0 Å². The van der Waals surface area contributed by atoms with E-state index in [1.54, 1.807) is 0 Å². The molecular formula is C30H35NO3. The number of anilines is 1. The zero-order chi connectivity index (χ0) is 24.6. The van der Waals surface area contributed by atoms with Gasteiger partial charge in [-0.1, -0.05) is 48.0 Å². The standard InChI is InChI=1S/C30H35NO3/c1-19-12-14-22(15-13-19)26-21(3)25-18-31(23-10-8-7-9-11-23)17-16-24(25)20(2)27(26)28(29(32)33)34-30(4,5)6/h7-15,28H,16-18H2,1-6H3,(H,32,33)/t28-/m0/s1. The molecule has 0 spiro atoms. The molecule has 3 aromatic carbocycles. The van der Waals surface area contributed by atoms with E-state index in [-0.39, 0.29) is 0 Å². The van der Waals surface area contributed by atoms with Crippen molar-refractivity contribution in [2.24, 2.45) is 0 Å². The second-order valence-electron chi connectivity index (χ2n) is 10.3. The van der Waals surface area contributed by atoms with Gasteiger partial charge >= 0.3 is 5.97 Å². The number of benzene rings is 3. The number of ether oxygens (including phenoxy) is 1. The van der Waals surface area contributed by atoms with Crippen molar-refractivity contribution in [2.75, 3.05) is 11.4 Å². The number of hydrogen-bond donors (Lipinski definition) is 1. The summed E-state index contributed by atoms with van der Waals surface area (Å²) >= 11 is 0. The van der Waals surface area contributed by atoms with E-state index >= 15 is 0 Å². The number of carboxylic acids is 1. The highest BCUT2D eigenvalue weighted by Gasteiger charge is 2.34. The lowest BCUT2D eigenvalue weighted by molar-refractivity contribution is -0.160. The van der Waals surface area contributed by atoms with Gasteiger partial charge in [-0.2, -0.15) is 0 Å². The number of carbonyl (C=O) groups is 1. The minimum atomic E-state index is -1.03. The van der Waals surface area contributed by atoms with Gasteiger partial charge in [0, 0.05) is 24.3 Å². The van der Waals surface area contributed by atoms with Crippen molar-refractivity contribution in [3.63, 3.8) is 0 Å². The molecule has 34 heavy (non-hydrogen) atoms. The van der Waals surface area contributed by atoms with Gasteiger partial charge in [0.2, 0.25) is 0 Å². The van der Waals surface area contributed by atoms with Gasteiger partial charge in [-0.25, -0.2) is 4.79 Å². The molecule has 4 heteroatoms. The van der Waals surface area contributed by atoms with Gasteiger partial charge in [-0.15, -0.1) is 0 Å². The Bertz CT molecular complexity index is 1190. The summed E-state index contributed by atoms with van der Waals surface area (Å²) in [6, 6.07) is 18.9. The van der Waals surface area contributed by atoms with E-state index in [0.717, 1.165) is 47.3 Å². The molecule has 0 radical (unpaired) electrons.